The zero-order valence-electron chi connectivity index (χ0n) is 8.09. The number of para-hydroxylation sites is 1. The summed E-state index contributed by atoms with van der Waals surface area (Å²) in [6, 6.07) is 10.00. The maximum atomic E-state index is 4.33. The number of halogens is 1. The van der Waals surface area contributed by atoms with Gasteiger partial charge in [-0.1, -0.05) is 18.2 Å². The third kappa shape index (κ3) is 1.62. The fraction of sp³-hybridized carbons (Fsp3) is 0. The van der Waals surface area contributed by atoms with E-state index in [9.17, 15) is 0 Å². The van der Waals surface area contributed by atoms with Crippen LogP contribution in [0.1, 0.15) is 0 Å². The molecule has 2 heterocycles. The molecular weight excluding hydrogens is 286 g/mol. The van der Waals surface area contributed by atoms with E-state index in [0.717, 1.165) is 21.5 Å². The lowest BCUT2D eigenvalue weighted by molar-refractivity contribution is 1.26. The zero-order valence-corrected chi connectivity index (χ0v) is 10.5. The Morgan fingerprint density at radius 1 is 1.12 bits per heavy atom. The third-order valence-electron chi connectivity index (χ3n) is 2.28. The molecule has 3 nitrogen and oxygen atoms in total. The van der Waals surface area contributed by atoms with E-state index in [4.69, 9.17) is 0 Å². The molecule has 0 saturated heterocycles. The molecular formula is C11H6BrN3S. The molecule has 5 heteroatoms. The number of nitrogens with zero attached hydrogens (tertiary/aromatic N) is 3. The molecule has 0 radical (unpaired) electrons. The van der Waals surface area contributed by atoms with Crippen molar-refractivity contribution < 1.29 is 0 Å². The Morgan fingerprint density at radius 2 is 2.00 bits per heavy atom. The summed E-state index contributed by atoms with van der Waals surface area (Å²) in [7, 11) is 0. The second kappa shape index (κ2) is 3.92. The summed E-state index contributed by atoms with van der Waals surface area (Å²) in [5.41, 5.74) is 2.06. The summed E-state index contributed by atoms with van der Waals surface area (Å²) in [5.74, 6) is 0. The Bertz CT molecular complexity index is 645. The Hall–Kier alpha value is -1.33. The van der Waals surface area contributed by atoms with Crippen molar-refractivity contribution >= 4 is 38.4 Å². The quantitative estimate of drug-likeness (QED) is 0.689. The molecule has 0 amide bonds. The first-order valence-corrected chi connectivity index (χ1v) is 6.24. The molecule has 0 aliphatic heterocycles. The summed E-state index contributed by atoms with van der Waals surface area (Å²) in [5, 5.41) is 2.01. The first-order valence-electron chi connectivity index (χ1n) is 4.68. The molecule has 78 valence electrons. The van der Waals surface area contributed by atoms with Crippen LogP contribution in [0.3, 0.4) is 0 Å². The van der Waals surface area contributed by atoms with Gasteiger partial charge in [-0.3, -0.25) is 4.98 Å². The molecule has 0 N–H and O–H groups in total. The van der Waals surface area contributed by atoms with Gasteiger partial charge in [-0.25, -0.2) is 4.98 Å². The van der Waals surface area contributed by atoms with E-state index >= 15 is 0 Å². The van der Waals surface area contributed by atoms with E-state index in [1.54, 1.807) is 6.20 Å². The van der Waals surface area contributed by atoms with E-state index in [1.165, 1.54) is 11.5 Å². The molecule has 0 aliphatic carbocycles. The minimum absolute atomic E-state index is 0.633. The van der Waals surface area contributed by atoms with Crippen LogP contribution < -0.4 is 0 Å². The molecule has 16 heavy (non-hydrogen) atoms. The summed E-state index contributed by atoms with van der Waals surface area (Å²) < 4.78 is 4.76. The van der Waals surface area contributed by atoms with Gasteiger partial charge in [0.05, 0.1) is 5.52 Å². The maximum absolute atomic E-state index is 4.33. The zero-order chi connectivity index (χ0) is 11.0. The summed E-state index contributed by atoms with van der Waals surface area (Å²) >= 11 is 4.65. The number of fused-ring (bicyclic) bond motifs is 1. The largest absolute Gasteiger partial charge is 0.256 e. The van der Waals surface area contributed by atoms with Crippen LogP contribution in [0.5, 0.6) is 0 Å². The van der Waals surface area contributed by atoms with Crippen molar-refractivity contribution in [2.45, 2.75) is 0 Å². The number of aromatic nitrogens is 3. The fourth-order valence-corrected chi connectivity index (χ4v) is 2.72. The van der Waals surface area contributed by atoms with Gasteiger partial charge in [0.1, 0.15) is 5.01 Å². The maximum Gasteiger partial charge on any atom is 0.209 e. The summed E-state index contributed by atoms with van der Waals surface area (Å²) in [6.07, 6.45) is 1.80. The van der Waals surface area contributed by atoms with E-state index < -0.39 is 0 Å². The smallest absolute Gasteiger partial charge is 0.209 e. The highest BCUT2D eigenvalue weighted by Crippen LogP contribution is 2.29. The van der Waals surface area contributed by atoms with Crippen molar-refractivity contribution in [1.82, 2.24) is 14.3 Å². The molecule has 2 aromatic heterocycles. The number of hydrogen-bond donors (Lipinski definition) is 0. The molecule has 3 aromatic rings. The molecule has 0 fully saturated rings. The van der Waals surface area contributed by atoms with Crippen molar-refractivity contribution in [2.75, 3.05) is 0 Å². The van der Waals surface area contributed by atoms with Crippen molar-refractivity contribution in [1.29, 1.82) is 0 Å². The number of pyridine rings is 1. The third-order valence-corrected chi connectivity index (χ3v) is 3.62. The molecule has 0 atom stereocenters. The first-order chi connectivity index (χ1) is 7.84. The average molecular weight is 292 g/mol. The summed E-state index contributed by atoms with van der Waals surface area (Å²) in [4.78, 5) is 8.65. The van der Waals surface area contributed by atoms with E-state index in [-0.39, 0.29) is 0 Å². The van der Waals surface area contributed by atoms with Gasteiger partial charge >= 0.3 is 0 Å². The topological polar surface area (TPSA) is 38.7 Å². The molecule has 0 bridgehead atoms. The van der Waals surface area contributed by atoms with Gasteiger partial charge in [0.15, 0.2) is 0 Å². The van der Waals surface area contributed by atoms with Gasteiger partial charge in [-0.2, -0.15) is 4.37 Å². The van der Waals surface area contributed by atoms with Crippen LogP contribution >= 0.6 is 27.5 Å². The highest BCUT2D eigenvalue weighted by molar-refractivity contribution is 9.10. The number of rotatable bonds is 1. The van der Waals surface area contributed by atoms with Crippen LogP contribution in [-0.2, 0) is 0 Å². The summed E-state index contributed by atoms with van der Waals surface area (Å²) in [6.45, 7) is 0. The lowest BCUT2D eigenvalue weighted by Gasteiger charge is -2.01. The molecule has 1 aromatic carbocycles. The monoisotopic (exact) mass is 291 g/mol. The van der Waals surface area contributed by atoms with Gasteiger partial charge < -0.3 is 0 Å². The average Bonchev–Trinajstić information content (AvgIpc) is 2.75. The van der Waals surface area contributed by atoms with Crippen molar-refractivity contribution in [2.24, 2.45) is 0 Å². The van der Waals surface area contributed by atoms with Crippen LogP contribution in [0, 0.1) is 0 Å². The van der Waals surface area contributed by atoms with Crippen LogP contribution in [0.2, 0.25) is 0 Å². The number of benzene rings is 1. The SMILES string of the molecule is Brc1nsc(-c2ccnc3ccccc23)n1. The second-order valence-electron chi connectivity index (χ2n) is 3.24. The van der Waals surface area contributed by atoms with Crippen molar-refractivity contribution in [3.63, 3.8) is 0 Å². The molecule has 3 rings (SSSR count). The van der Waals surface area contributed by atoms with E-state index in [2.05, 4.69) is 30.3 Å². The fourth-order valence-electron chi connectivity index (χ4n) is 1.60. The normalized spacial score (nSPS) is 10.8. The Labute approximate surface area is 104 Å². The molecule has 0 saturated carbocycles. The van der Waals surface area contributed by atoms with Crippen LogP contribution in [0.15, 0.2) is 41.3 Å². The Balaban J connectivity index is 2.31. The van der Waals surface area contributed by atoms with Crippen LogP contribution in [0.25, 0.3) is 21.5 Å². The van der Waals surface area contributed by atoms with Gasteiger partial charge in [-0.15, -0.1) is 0 Å². The van der Waals surface area contributed by atoms with Gasteiger partial charge in [0, 0.05) is 17.1 Å². The Morgan fingerprint density at radius 3 is 2.81 bits per heavy atom. The van der Waals surface area contributed by atoms with Crippen LogP contribution in [-0.4, -0.2) is 14.3 Å². The lowest BCUT2D eigenvalue weighted by atomic mass is 10.1. The van der Waals surface area contributed by atoms with E-state index in [1.807, 2.05) is 30.3 Å². The van der Waals surface area contributed by atoms with Crippen LogP contribution in [0.4, 0.5) is 0 Å². The Kier molecular flexibility index (Phi) is 2.41. The molecule has 0 aliphatic rings. The van der Waals surface area contributed by atoms with Crippen molar-refractivity contribution in [3.8, 4) is 10.6 Å². The van der Waals surface area contributed by atoms with Crippen molar-refractivity contribution in [3.05, 3.63) is 41.3 Å². The number of hydrogen-bond acceptors (Lipinski definition) is 4. The molecule has 0 unspecified atom stereocenters. The predicted molar refractivity (Wildman–Crippen MR) is 68.3 cm³/mol. The highest BCUT2D eigenvalue weighted by atomic mass is 79.9. The van der Waals surface area contributed by atoms with E-state index in [0.29, 0.717) is 4.73 Å². The molecule has 0 spiro atoms. The van der Waals surface area contributed by atoms with Gasteiger partial charge in [0.25, 0.3) is 0 Å². The first kappa shape index (κ1) is 9.86. The van der Waals surface area contributed by atoms with Gasteiger partial charge in [-0.05, 0) is 39.6 Å². The lowest BCUT2D eigenvalue weighted by Crippen LogP contribution is -1.82. The standard InChI is InChI=1S/C11H6BrN3S/c12-11-14-10(16-15-11)8-5-6-13-9-4-2-1-3-7(8)9/h1-6H. The minimum atomic E-state index is 0.633. The predicted octanol–water partition coefficient (Wildman–Crippen LogP) is 3.52. The minimum Gasteiger partial charge on any atom is -0.256 e. The highest BCUT2D eigenvalue weighted by Gasteiger charge is 2.08. The van der Waals surface area contributed by atoms with Gasteiger partial charge in [0.2, 0.25) is 4.73 Å². The second-order valence-corrected chi connectivity index (χ2v) is 4.71.